The van der Waals surface area contributed by atoms with Crippen LogP contribution in [0.3, 0.4) is 0 Å². The standard InChI is InChI=1S/C23H29N5O3/c1-15-14-25(2)10-11-28(15)18-13-20-19(26(3)23(30)27(20)4)12-17(18)24-22(29)16-8-6-7-9-21(16)31-5/h6-9,12-13,15H,10-11,14H2,1-5H3,(H,24,29). The van der Waals surface area contributed by atoms with Gasteiger partial charge >= 0.3 is 5.69 Å². The molecule has 3 aromatic rings. The Morgan fingerprint density at radius 1 is 1.06 bits per heavy atom. The fourth-order valence-electron chi connectivity index (χ4n) is 4.39. The van der Waals surface area contributed by atoms with E-state index in [1.807, 2.05) is 24.3 Å². The van der Waals surface area contributed by atoms with Gasteiger partial charge in [0.05, 0.1) is 35.1 Å². The van der Waals surface area contributed by atoms with Crippen LogP contribution in [0.2, 0.25) is 0 Å². The van der Waals surface area contributed by atoms with E-state index < -0.39 is 0 Å². The Labute approximate surface area is 181 Å². The van der Waals surface area contributed by atoms with Crippen molar-refractivity contribution in [3.05, 3.63) is 52.4 Å². The molecular formula is C23H29N5O3. The van der Waals surface area contributed by atoms with Crippen LogP contribution >= 0.6 is 0 Å². The summed E-state index contributed by atoms with van der Waals surface area (Å²) in [7, 11) is 7.18. The molecule has 0 bridgehead atoms. The molecule has 1 saturated heterocycles. The Morgan fingerprint density at radius 2 is 1.74 bits per heavy atom. The number of hydrogen-bond acceptors (Lipinski definition) is 5. The van der Waals surface area contributed by atoms with Gasteiger partial charge in [0.15, 0.2) is 0 Å². The number of rotatable bonds is 4. The van der Waals surface area contributed by atoms with Gasteiger partial charge in [0.25, 0.3) is 5.91 Å². The monoisotopic (exact) mass is 423 g/mol. The SMILES string of the molecule is COc1ccccc1C(=O)Nc1cc2c(cc1N1CCN(C)CC1C)n(C)c(=O)n2C. The lowest BCUT2D eigenvalue weighted by molar-refractivity contribution is 0.102. The average Bonchev–Trinajstić information content (AvgIpc) is 2.97. The van der Waals surface area contributed by atoms with Crippen LogP contribution in [-0.2, 0) is 14.1 Å². The number of carbonyl (C=O) groups is 1. The third-order valence-electron chi connectivity index (χ3n) is 6.13. The van der Waals surface area contributed by atoms with Gasteiger partial charge < -0.3 is 19.9 Å². The van der Waals surface area contributed by atoms with Gasteiger partial charge in [-0.15, -0.1) is 0 Å². The highest BCUT2D eigenvalue weighted by molar-refractivity contribution is 6.09. The number of piperazine rings is 1. The van der Waals surface area contributed by atoms with Crippen molar-refractivity contribution in [1.29, 1.82) is 0 Å². The number of imidazole rings is 1. The Balaban J connectivity index is 1.83. The Bertz CT molecular complexity index is 1200. The van der Waals surface area contributed by atoms with Gasteiger partial charge in [-0.3, -0.25) is 13.9 Å². The van der Waals surface area contributed by atoms with Crippen molar-refractivity contribution in [2.24, 2.45) is 14.1 Å². The summed E-state index contributed by atoms with van der Waals surface area (Å²) in [6, 6.07) is 11.3. The molecule has 2 heterocycles. The molecule has 1 unspecified atom stereocenters. The number of amides is 1. The van der Waals surface area contributed by atoms with Crippen LogP contribution in [0.15, 0.2) is 41.2 Å². The van der Waals surface area contributed by atoms with E-state index in [2.05, 4.69) is 29.1 Å². The summed E-state index contributed by atoms with van der Waals surface area (Å²) in [5, 5.41) is 3.08. The fraction of sp³-hybridized carbons (Fsp3) is 0.391. The molecule has 164 valence electrons. The summed E-state index contributed by atoms with van der Waals surface area (Å²) in [6.45, 7) is 4.86. The van der Waals surface area contributed by atoms with E-state index in [0.29, 0.717) is 17.0 Å². The second kappa shape index (κ2) is 8.11. The quantitative estimate of drug-likeness (QED) is 0.697. The first-order valence-corrected chi connectivity index (χ1v) is 10.4. The van der Waals surface area contributed by atoms with E-state index in [-0.39, 0.29) is 17.6 Å². The van der Waals surface area contributed by atoms with Crippen molar-refractivity contribution in [2.45, 2.75) is 13.0 Å². The number of methoxy groups -OCH3 is 1. The van der Waals surface area contributed by atoms with E-state index in [4.69, 9.17) is 4.74 Å². The number of likely N-dealkylation sites (N-methyl/N-ethyl adjacent to an activating group) is 1. The molecular weight excluding hydrogens is 394 g/mol. The Morgan fingerprint density at radius 3 is 2.42 bits per heavy atom. The zero-order chi connectivity index (χ0) is 22.3. The van der Waals surface area contributed by atoms with E-state index in [0.717, 1.165) is 36.4 Å². The summed E-state index contributed by atoms with van der Waals surface area (Å²) >= 11 is 0. The first-order valence-electron chi connectivity index (χ1n) is 10.4. The molecule has 0 saturated carbocycles. The van der Waals surface area contributed by atoms with Crippen LogP contribution in [0.1, 0.15) is 17.3 Å². The third-order valence-corrected chi connectivity index (χ3v) is 6.13. The number of aryl methyl sites for hydroxylation is 2. The van der Waals surface area contributed by atoms with Gasteiger partial charge in [-0.25, -0.2) is 4.79 Å². The number of fused-ring (bicyclic) bond motifs is 1. The van der Waals surface area contributed by atoms with Crippen molar-refractivity contribution < 1.29 is 9.53 Å². The highest BCUT2D eigenvalue weighted by Crippen LogP contribution is 2.34. The number of para-hydroxylation sites is 1. The molecule has 1 atom stereocenters. The van der Waals surface area contributed by atoms with Crippen molar-refractivity contribution >= 4 is 28.3 Å². The van der Waals surface area contributed by atoms with Crippen molar-refractivity contribution in [1.82, 2.24) is 14.0 Å². The lowest BCUT2D eigenvalue weighted by atomic mass is 10.1. The van der Waals surface area contributed by atoms with Crippen molar-refractivity contribution in [3.8, 4) is 5.75 Å². The molecule has 1 aliphatic rings. The largest absolute Gasteiger partial charge is 0.496 e. The molecule has 31 heavy (non-hydrogen) atoms. The number of ether oxygens (including phenoxy) is 1. The fourth-order valence-corrected chi connectivity index (χ4v) is 4.39. The maximum absolute atomic E-state index is 13.2. The number of anilines is 2. The van der Waals surface area contributed by atoms with E-state index in [1.54, 1.807) is 42.5 Å². The predicted octanol–water partition coefficient (Wildman–Crippen LogP) is 2.28. The first kappa shape index (κ1) is 21.0. The van der Waals surface area contributed by atoms with Gasteiger partial charge in [-0.2, -0.15) is 0 Å². The van der Waals surface area contributed by atoms with Crippen LogP contribution in [0.4, 0.5) is 11.4 Å². The van der Waals surface area contributed by atoms with Crippen molar-refractivity contribution in [3.63, 3.8) is 0 Å². The zero-order valence-electron chi connectivity index (χ0n) is 18.7. The first-order chi connectivity index (χ1) is 14.8. The highest BCUT2D eigenvalue weighted by Gasteiger charge is 2.26. The lowest BCUT2D eigenvalue weighted by Gasteiger charge is -2.40. The van der Waals surface area contributed by atoms with Gasteiger partial charge in [0.1, 0.15) is 5.75 Å². The highest BCUT2D eigenvalue weighted by atomic mass is 16.5. The summed E-state index contributed by atoms with van der Waals surface area (Å²) < 4.78 is 8.61. The molecule has 1 N–H and O–H groups in total. The average molecular weight is 424 g/mol. The van der Waals surface area contributed by atoms with E-state index in [1.165, 1.54) is 0 Å². The number of nitrogens with one attached hydrogen (secondary N) is 1. The van der Waals surface area contributed by atoms with Crippen LogP contribution in [0, 0.1) is 0 Å². The maximum Gasteiger partial charge on any atom is 0.328 e. The molecule has 1 aliphatic heterocycles. The van der Waals surface area contributed by atoms with Crippen LogP contribution in [-0.4, -0.2) is 59.8 Å². The molecule has 4 rings (SSSR count). The molecule has 8 heteroatoms. The predicted molar refractivity (Wildman–Crippen MR) is 123 cm³/mol. The summed E-state index contributed by atoms with van der Waals surface area (Å²) in [4.78, 5) is 30.3. The minimum Gasteiger partial charge on any atom is -0.496 e. The van der Waals surface area contributed by atoms with E-state index in [9.17, 15) is 9.59 Å². The summed E-state index contributed by atoms with van der Waals surface area (Å²) in [5.74, 6) is 0.267. The molecule has 1 fully saturated rings. The lowest BCUT2D eigenvalue weighted by Crippen LogP contribution is -2.50. The number of nitrogens with zero attached hydrogens (tertiary/aromatic N) is 4. The van der Waals surface area contributed by atoms with Gasteiger partial charge in [0, 0.05) is 39.8 Å². The summed E-state index contributed by atoms with van der Waals surface area (Å²) in [5.41, 5.74) is 3.57. The molecule has 1 amide bonds. The second-order valence-electron chi connectivity index (χ2n) is 8.22. The van der Waals surface area contributed by atoms with Crippen LogP contribution < -0.4 is 20.6 Å². The third kappa shape index (κ3) is 3.67. The van der Waals surface area contributed by atoms with Gasteiger partial charge in [0.2, 0.25) is 0 Å². The molecule has 1 aromatic heterocycles. The number of carbonyl (C=O) groups excluding carboxylic acids is 1. The number of hydrogen-bond donors (Lipinski definition) is 1. The van der Waals surface area contributed by atoms with Crippen LogP contribution in [0.5, 0.6) is 5.75 Å². The molecule has 0 aliphatic carbocycles. The smallest absolute Gasteiger partial charge is 0.328 e. The molecule has 2 aromatic carbocycles. The topological polar surface area (TPSA) is 71.7 Å². The molecule has 0 spiro atoms. The van der Waals surface area contributed by atoms with Gasteiger partial charge in [-0.05, 0) is 38.2 Å². The number of benzene rings is 2. The van der Waals surface area contributed by atoms with Crippen LogP contribution in [0.25, 0.3) is 11.0 Å². The second-order valence-corrected chi connectivity index (χ2v) is 8.22. The van der Waals surface area contributed by atoms with E-state index >= 15 is 0 Å². The Kier molecular flexibility index (Phi) is 5.49. The molecule has 8 nitrogen and oxygen atoms in total. The van der Waals surface area contributed by atoms with Gasteiger partial charge in [-0.1, -0.05) is 12.1 Å². The minimum atomic E-state index is -0.249. The Hall–Kier alpha value is -3.26. The normalized spacial score (nSPS) is 17.2. The zero-order valence-corrected chi connectivity index (χ0v) is 18.7. The maximum atomic E-state index is 13.2. The minimum absolute atomic E-state index is 0.0967. The molecule has 0 radical (unpaired) electrons. The summed E-state index contributed by atoms with van der Waals surface area (Å²) in [6.07, 6.45) is 0. The number of aromatic nitrogens is 2. The van der Waals surface area contributed by atoms with Crippen molar-refractivity contribution in [2.75, 3.05) is 44.0 Å².